The molecule has 0 aromatic carbocycles. The Kier molecular flexibility index (Phi) is 4.51. The molecule has 1 fully saturated rings. The summed E-state index contributed by atoms with van der Waals surface area (Å²) in [7, 11) is 0. The molecule has 0 bridgehead atoms. The van der Waals surface area contributed by atoms with Crippen molar-refractivity contribution >= 4 is 0 Å². The van der Waals surface area contributed by atoms with Gasteiger partial charge >= 0.3 is 0 Å². The molecular weight excluding hydrogens is 210 g/mol. The molecule has 2 rings (SSSR count). The SMILES string of the molecule is Cc1cccnc1CN1CCC(CCN)CC1. The summed E-state index contributed by atoms with van der Waals surface area (Å²) in [4.78, 5) is 6.98. The average Bonchev–Trinajstić information content (AvgIpc) is 2.35. The van der Waals surface area contributed by atoms with Crippen molar-refractivity contribution in [2.45, 2.75) is 32.7 Å². The number of aryl methyl sites for hydroxylation is 1. The van der Waals surface area contributed by atoms with Gasteiger partial charge in [0.25, 0.3) is 0 Å². The minimum absolute atomic E-state index is 0.837. The average molecular weight is 233 g/mol. The summed E-state index contributed by atoms with van der Waals surface area (Å²) in [6.45, 7) is 6.37. The van der Waals surface area contributed by atoms with Crippen LogP contribution in [0.1, 0.15) is 30.5 Å². The van der Waals surface area contributed by atoms with Gasteiger partial charge in [0.2, 0.25) is 0 Å². The lowest BCUT2D eigenvalue weighted by Gasteiger charge is -2.31. The summed E-state index contributed by atoms with van der Waals surface area (Å²) in [5.41, 5.74) is 8.14. The first kappa shape index (κ1) is 12.5. The molecule has 1 saturated heterocycles. The van der Waals surface area contributed by atoms with Gasteiger partial charge in [-0.2, -0.15) is 0 Å². The maximum Gasteiger partial charge on any atom is 0.0573 e. The second-order valence-electron chi connectivity index (χ2n) is 5.06. The van der Waals surface area contributed by atoms with E-state index in [1.807, 2.05) is 12.3 Å². The fourth-order valence-corrected chi connectivity index (χ4v) is 2.56. The van der Waals surface area contributed by atoms with E-state index >= 15 is 0 Å². The van der Waals surface area contributed by atoms with Crippen molar-refractivity contribution in [2.24, 2.45) is 11.7 Å². The number of hydrogen-bond acceptors (Lipinski definition) is 3. The third-order valence-electron chi connectivity index (χ3n) is 3.77. The van der Waals surface area contributed by atoms with Crippen molar-refractivity contribution < 1.29 is 0 Å². The van der Waals surface area contributed by atoms with Gasteiger partial charge in [-0.3, -0.25) is 9.88 Å². The number of hydrogen-bond donors (Lipinski definition) is 1. The standard InChI is InChI=1S/C14H23N3/c1-12-3-2-8-16-14(12)11-17-9-5-13(4-7-15)6-10-17/h2-3,8,13H,4-7,9-11,15H2,1H3. The summed E-state index contributed by atoms with van der Waals surface area (Å²) in [5.74, 6) is 0.848. The molecule has 0 amide bonds. The quantitative estimate of drug-likeness (QED) is 0.864. The zero-order valence-corrected chi connectivity index (χ0v) is 10.7. The highest BCUT2D eigenvalue weighted by Gasteiger charge is 2.19. The van der Waals surface area contributed by atoms with Crippen LogP contribution in [-0.4, -0.2) is 29.5 Å². The molecule has 1 aliphatic rings. The first-order valence-corrected chi connectivity index (χ1v) is 6.62. The van der Waals surface area contributed by atoms with E-state index in [1.54, 1.807) is 0 Å². The Morgan fingerprint density at radius 1 is 1.41 bits per heavy atom. The van der Waals surface area contributed by atoms with E-state index in [-0.39, 0.29) is 0 Å². The van der Waals surface area contributed by atoms with Crippen molar-refractivity contribution in [3.63, 3.8) is 0 Å². The molecule has 2 heterocycles. The van der Waals surface area contributed by atoms with Crippen LogP contribution in [0.4, 0.5) is 0 Å². The largest absolute Gasteiger partial charge is 0.330 e. The van der Waals surface area contributed by atoms with E-state index in [2.05, 4.69) is 22.9 Å². The molecule has 0 atom stereocenters. The Balaban J connectivity index is 1.84. The van der Waals surface area contributed by atoms with Gasteiger partial charge in [-0.15, -0.1) is 0 Å². The van der Waals surface area contributed by atoms with Crippen LogP contribution in [-0.2, 0) is 6.54 Å². The lowest BCUT2D eigenvalue weighted by molar-refractivity contribution is 0.171. The molecule has 0 radical (unpaired) electrons. The third-order valence-corrected chi connectivity index (χ3v) is 3.77. The number of likely N-dealkylation sites (tertiary alicyclic amines) is 1. The topological polar surface area (TPSA) is 42.2 Å². The van der Waals surface area contributed by atoms with Gasteiger partial charge in [-0.05, 0) is 63.4 Å². The molecular formula is C14H23N3. The lowest BCUT2D eigenvalue weighted by Crippen LogP contribution is -2.34. The number of rotatable bonds is 4. The van der Waals surface area contributed by atoms with Gasteiger partial charge in [0.05, 0.1) is 5.69 Å². The summed E-state index contributed by atoms with van der Waals surface area (Å²) in [6, 6.07) is 4.15. The molecule has 3 heteroatoms. The van der Waals surface area contributed by atoms with E-state index in [0.29, 0.717) is 0 Å². The second kappa shape index (κ2) is 6.12. The van der Waals surface area contributed by atoms with Crippen molar-refractivity contribution in [1.82, 2.24) is 9.88 Å². The molecule has 0 spiro atoms. The van der Waals surface area contributed by atoms with Crippen molar-refractivity contribution in [2.75, 3.05) is 19.6 Å². The molecule has 1 aromatic rings. The van der Waals surface area contributed by atoms with Crippen molar-refractivity contribution in [1.29, 1.82) is 0 Å². The van der Waals surface area contributed by atoms with Crippen LogP contribution in [0.5, 0.6) is 0 Å². The normalized spacial score (nSPS) is 18.5. The van der Waals surface area contributed by atoms with E-state index in [4.69, 9.17) is 5.73 Å². The molecule has 1 aliphatic heterocycles. The van der Waals surface area contributed by atoms with Crippen molar-refractivity contribution in [3.05, 3.63) is 29.6 Å². The highest BCUT2D eigenvalue weighted by atomic mass is 15.1. The molecule has 94 valence electrons. The lowest BCUT2D eigenvalue weighted by atomic mass is 9.93. The van der Waals surface area contributed by atoms with E-state index < -0.39 is 0 Å². The minimum Gasteiger partial charge on any atom is -0.330 e. The van der Waals surface area contributed by atoms with Crippen LogP contribution in [0.15, 0.2) is 18.3 Å². The van der Waals surface area contributed by atoms with Gasteiger partial charge in [0.1, 0.15) is 0 Å². The van der Waals surface area contributed by atoms with Crippen LogP contribution in [0.25, 0.3) is 0 Å². The molecule has 2 N–H and O–H groups in total. The third kappa shape index (κ3) is 3.51. The first-order valence-electron chi connectivity index (χ1n) is 6.62. The van der Waals surface area contributed by atoms with Gasteiger partial charge in [0, 0.05) is 12.7 Å². The van der Waals surface area contributed by atoms with Crippen LogP contribution < -0.4 is 5.73 Å². The predicted molar refractivity (Wildman–Crippen MR) is 70.6 cm³/mol. The Labute approximate surface area is 104 Å². The monoisotopic (exact) mass is 233 g/mol. The maximum absolute atomic E-state index is 5.61. The highest BCUT2D eigenvalue weighted by molar-refractivity contribution is 5.17. The minimum atomic E-state index is 0.837. The van der Waals surface area contributed by atoms with Crippen molar-refractivity contribution in [3.8, 4) is 0 Å². The highest BCUT2D eigenvalue weighted by Crippen LogP contribution is 2.21. The first-order chi connectivity index (χ1) is 8.29. The number of nitrogens with zero attached hydrogens (tertiary/aromatic N) is 2. The fraction of sp³-hybridized carbons (Fsp3) is 0.643. The van der Waals surface area contributed by atoms with Gasteiger partial charge in [-0.1, -0.05) is 6.07 Å². The second-order valence-corrected chi connectivity index (χ2v) is 5.06. The van der Waals surface area contributed by atoms with E-state index in [9.17, 15) is 0 Å². The van der Waals surface area contributed by atoms with E-state index in [1.165, 1.54) is 43.6 Å². The van der Waals surface area contributed by atoms with E-state index in [0.717, 1.165) is 19.0 Å². The Bertz CT molecular complexity index is 343. The predicted octanol–water partition coefficient (Wildman–Crippen LogP) is 1.95. The summed E-state index contributed by atoms with van der Waals surface area (Å²) in [5, 5.41) is 0. The maximum atomic E-state index is 5.61. The number of piperidine rings is 1. The molecule has 0 aliphatic carbocycles. The number of nitrogens with two attached hydrogens (primary N) is 1. The van der Waals surface area contributed by atoms with Gasteiger partial charge in [0.15, 0.2) is 0 Å². The molecule has 0 unspecified atom stereocenters. The van der Waals surface area contributed by atoms with Crippen LogP contribution in [0, 0.1) is 12.8 Å². The van der Waals surface area contributed by atoms with Crippen LogP contribution >= 0.6 is 0 Å². The zero-order valence-electron chi connectivity index (χ0n) is 10.7. The molecule has 17 heavy (non-hydrogen) atoms. The molecule has 1 aromatic heterocycles. The summed E-state index contributed by atoms with van der Waals surface area (Å²) >= 11 is 0. The number of pyridine rings is 1. The molecule has 3 nitrogen and oxygen atoms in total. The Morgan fingerprint density at radius 3 is 2.82 bits per heavy atom. The Hall–Kier alpha value is -0.930. The zero-order chi connectivity index (χ0) is 12.1. The van der Waals surface area contributed by atoms with Gasteiger partial charge in [-0.25, -0.2) is 0 Å². The summed E-state index contributed by atoms with van der Waals surface area (Å²) < 4.78 is 0. The number of aromatic nitrogens is 1. The Morgan fingerprint density at radius 2 is 2.18 bits per heavy atom. The smallest absolute Gasteiger partial charge is 0.0573 e. The fourth-order valence-electron chi connectivity index (χ4n) is 2.56. The summed E-state index contributed by atoms with van der Waals surface area (Å²) in [6.07, 6.45) is 5.67. The molecule has 0 saturated carbocycles. The van der Waals surface area contributed by atoms with Gasteiger partial charge < -0.3 is 5.73 Å². The van der Waals surface area contributed by atoms with Crippen LogP contribution in [0.2, 0.25) is 0 Å². The van der Waals surface area contributed by atoms with Crippen LogP contribution in [0.3, 0.4) is 0 Å².